The average Bonchev–Trinajstić information content (AvgIpc) is 3.05. The van der Waals surface area contributed by atoms with E-state index in [-0.39, 0.29) is 12.2 Å². The molecule has 0 atom stereocenters. The maximum atomic E-state index is 12.4. The van der Waals surface area contributed by atoms with Gasteiger partial charge in [0.25, 0.3) is 0 Å². The van der Waals surface area contributed by atoms with Crippen LogP contribution in [0, 0.1) is 0 Å². The van der Waals surface area contributed by atoms with Crippen molar-refractivity contribution in [2.45, 2.75) is 6.42 Å². The molecule has 27 heavy (non-hydrogen) atoms. The van der Waals surface area contributed by atoms with Crippen molar-refractivity contribution in [3.8, 4) is 11.4 Å². The van der Waals surface area contributed by atoms with Gasteiger partial charge in [-0.15, -0.1) is 0 Å². The Balaban J connectivity index is 1.81. The van der Waals surface area contributed by atoms with E-state index >= 15 is 0 Å². The first-order chi connectivity index (χ1) is 13.0. The SMILES string of the molecule is COc1ccc(-[n+]2[nH]oc(=O)c2C([O-])=NCCc2ccc(Cl)cc2Cl)cc1. The molecule has 1 heterocycles. The molecule has 3 aromatic rings. The van der Waals surface area contributed by atoms with Gasteiger partial charge >= 0.3 is 11.3 Å². The lowest BCUT2D eigenvalue weighted by atomic mass is 10.1. The molecule has 0 bridgehead atoms. The van der Waals surface area contributed by atoms with Gasteiger partial charge in [0, 0.05) is 28.7 Å². The van der Waals surface area contributed by atoms with Gasteiger partial charge in [0.2, 0.25) is 5.69 Å². The maximum Gasteiger partial charge on any atom is 0.436 e. The minimum atomic E-state index is -0.802. The largest absolute Gasteiger partial charge is 0.854 e. The number of ether oxygens (including phenoxy) is 1. The summed E-state index contributed by atoms with van der Waals surface area (Å²) in [5, 5.41) is 15.9. The molecule has 1 N–H and O–H groups in total. The third kappa shape index (κ3) is 4.32. The van der Waals surface area contributed by atoms with Crippen molar-refractivity contribution in [2.75, 3.05) is 13.7 Å². The first kappa shape index (κ1) is 19.0. The van der Waals surface area contributed by atoms with Gasteiger partial charge in [-0.2, -0.15) is 0 Å². The molecular formula is C18H15Cl2N3O4. The zero-order chi connectivity index (χ0) is 19.4. The van der Waals surface area contributed by atoms with E-state index in [1.807, 2.05) is 0 Å². The number of hydrogen-bond acceptors (Lipinski definition) is 5. The molecule has 0 fully saturated rings. The molecule has 9 heteroatoms. The Morgan fingerprint density at radius 3 is 2.67 bits per heavy atom. The molecule has 1 aromatic heterocycles. The number of nitrogens with zero attached hydrogens (tertiary/aromatic N) is 2. The molecular weight excluding hydrogens is 393 g/mol. The second-order valence-corrected chi connectivity index (χ2v) is 6.38. The standard InChI is InChI=1S/C18H15Cl2N3O4/c1-26-14-6-4-13(5-7-14)23-16(18(25)27-22-23)17(24)21-9-8-11-2-3-12(19)10-15(11)20/h2-7,10H,8-9H2,1H3,(H-,21,22,24,25). The van der Waals surface area contributed by atoms with E-state index in [0.717, 1.165) is 5.56 Å². The summed E-state index contributed by atoms with van der Waals surface area (Å²) in [5.74, 6) is -0.0477. The van der Waals surface area contributed by atoms with Crippen LogP contribution in [0.25, 0.3) is 5.69 Å². The normalized spacial score (nSPS) is 11.6. The molecule has 0 spiro atoms. The summed E-state index contributed by atoms with van der Waals surface area (Å²) in [6.07, 6.45) is 0.431. The van der Waals surface area contributed by atoms with E-state index in [2.05, 4.69) is 10.3 Å². The minimum Gasteiger partial charge on any atom is -0.854 e. The predicted octanol–water partition coefficient (Wildman–Crippen LogP) is 1.91. The van der Waals surface area contributed by atoms with Crippen LogP contribution in [0.1, 0.15) is 11.3 Å². The highest BCUT2D eigenvalue weighted by Crippen LogP contribution is 2.21. The molecule has 2 aromatic carbocycles. The second-order valence-electron chi connectivity index (χ2n) is 5.54. The molecule has 3 rings (SSSR count). The van der Waals surface area contributed by atoms with E-state index < -0.39 is 11.5 Å². The van der Waals surface area contributed by atoms with E-state index in [1.54, 1.807) is 49.6 Å². The van der Waals surface area contributed by atoms with Crippen LogP contribution in [0.5, 0.6) is 5.75 Å². The van der Waals surface area contributed by atoms with Gasteiger partial charge in [-0.05, 0) is 46.2 Å². The zero-order valence-electron chi connectivity index (χ0n) is 14.2. The van der Waals surface area contributed by atoms with Crippen molar-refractivity contribution in [1.82, 2.24) is 5.27 Å². The molecule has 0 saturated heterocycles. The van der Waals surface area contributed by atoms with Crippen LogP contribution in [0.2, 0.25) is 10.0 Å². The smallest absolute Gasteiger partial charge is 0.436 e. The number of aromatic nitrogens is 2. The first-order valence-electron chi connectivity index (χ1n) is 7.93. The fraction of sp³-hybridized carbons (Fsp3) is 0.167. The lowest BCUT2D eigenvalue weighted by Crippen LogP contribution is -2.44. The Morgan fingerprint density at radius 1 is 1.26 bits per heavy atom. The number of aliphatic imine (C=N–C) groups is 1. The number of benzene rings is 2. The van der Waals surface area contributed by atoms with Crippen LogP contribution < -0.4 is 20.2 Å². The van der Waals surface area contributed by atoms with Crippen LogP contribution in [0.3, 0.4) is 0 Å². The van der Waals surface area contributed by atoms with Gasteiger partial charge in [0.05, 0.1) is 13.0 Å². The Bertz CT molecular complexity index is 1030. The van der Waals surface area contributed by atoms with Crippen LogP contribution in [0.4, 0.5) is 0 Å². The van der Waals surface area contributed by atoms with Crippen LogP contribution in [0.15, 0.2) is 56.8 Å². The van der Waals surface area contributed by atoms with E-state index in [4.69, 9.17) is 32.5 Å². The number of nitrogens with one attached hydrogen (secondary N) is 1. The third-order valence-electron chi connectivity index (χ3n) is 3.83. The molecule has 0 saturated carbocycles. The Hall–Kier alpha value is -2.77. The van der Waals surface area contributed by atoms with Crippen molar-refractivity contribution in [2.24, 2.45) is 4.99 Å². The van der Waals surface area contributed by atoms with Gasteiger partial charge in [-0.25, -0.2) is 4.79 Å². The van der Waals surface area contributed by atoms with Gasteiger partial charge in [0.1, 0.15) is 5.75 Å². The van der Waals surface area contributed by atoms with Crippen molar-refractivity contribution in [1.29, 1.82) is 0 Å². The van der Waals surface area contributed by atoms with Gasteiger partial charge < -0.3 is 9.84 Å². The summed E-state index contributed by atoms with van der Waals surface area (Å²) < 4.78 is 11.1. The van der Waals surface area contributed by atoms with Crippen molar-refractivity contribution in [3.63, 3.8) is 0 Å². The van der Waals surface area contributed by atoms with Crippen molar-refractivity contribution < 1.29 is 19.0 Å². The highest BCUT2D eigenvalue weighted by atomic mass is 35.5. The lowest BCUT2D eigenvalue weighted by molar-refractivity contribution is -0.673. The highest BCUT2D eigenvalue weighted by Gasteiger charge is 2.23. The second kappa shape index (κ2) is 8.28. The maximum absolute atomic E-state index is 12.4. The number of rotatable bonds is 6. The molecule has 140 valence electrons. The number of halogens is 2. The topological polar surface area (TPSA) is 94.5 Å². The number of H-pyrrole nitrogens is 1. The minimum absolute atomic E-state index is 0.160. The third-order valence-corrected chi connectivity index (χ3v) is 4.42. The molecule has 7 nitrogen and oxygen atoms in total. The van der Waals surface area contributed by atoms with E-state index in [9.17, 15) is 9.90 Å². The molecule has 0 radical (unpaired) electrons. The van der Waals surface area contributed by atoms with Crippen molar-refractivity contribution >= 4 is 29.1 Å². The number of hydrogen-bond donors (Lipinski definition) is 1. The van der Waals surface area contributed by atoms with Gasteiger partial charge in [-0.1, -0.05) is 29.3 Å². The van der Waals surface area contributed by atoms with Crippen LogP contribution in [-0.4, -0.2) is 24.8 Å². The van der Waals surface area contributed by atoms with Gasteiger partial charge in [0.15, 0.2) is 0 Å². The summed E-state index contributed by atoms with van der Waals surface area (Å²) in [6, 6.07) is 11.8. The molecule has 0 aliphatic rings. The predicted molar refractivity (Wildman–Crippen MR) is 99.0 cm³/mol. The highest BCUT2D eigenvalue weighted by molar-refractivity contribution is 6.35. The summed E-state index contributed by atoms with van der Waals surface area (Å²) in [5.41, 5.74) is 0.314. The molecule has 0 unspecified atom stereocenters. The van der Waals surface area contributed by atoms with Crippen LogP contribution in [-0.2, 0) is 6.42 Å². The number of aromatic amines is 1. The quantitative estimate of drug-likeness (QED) is 0.383. The van der Waals surface area contributed by atoms with Gasteiger partial charge in [-0.3, -0.25) is 9.52 Å². The first-order valence-corrected chi connectivity index (χ1v) is 8.69. The summed E-state index contributed by atoms with van der Waals surface area (Å²) in [7, 11) is 1.54. The molecule has 0 aliphatic heterocycles. The summed E-state index contributed by atoms with van der Waals surface area (Å²) in [4.78, 5) is 15.9. The Labute approximate surface area is 164 Å². The zero-order valence-corrected chi connectivity index (χ0v) is 15.8. The molecule has 0 amide bonds. The summed E-state index contributed by atoms with van der Waals surface area (Å²) in [6.45, 7) is 0.160. The fourth-order valence-electron chi connectivity index (χ4n) is 2.45. The van der Waals surface area contributed by atoms with E-state index in [1.165, 1.54) is 4.68 Å². The number of methoxy groups -OCH3 is 1. The van der Waals surface area contributed by atoms with E-state index in [0.29, 0.717) is 27.9 Å². The monoisotopic (exact) mass is 407 g/mol. The van der Waals surface area contributed by atoms with Crippen molar-refractivity contribution in [3.05, 3.63) is 74.2 Å². The molecule has 0 aliphatic carbocycles. The summed E-state index contributed by atoms with van der Waals surface area (Å²) >= 11 is 12.0. The Kier molecular flexibility index (Phi) is 5.83. The fourth-order valence-corrected chi connectivity index (χ4v) is 2.95. The average molecular weight is 408 g/mol. The Morgan fingerprint density at radius 2 is 2.00 bits per heavy atom. The lowest BCUT2D eigenvalue weighted by Gasteiger charge is -2.06. The van der Waals surface area contributed by atoms with Crippen LogP contribution >= 0.6 is 23.2 Å².